The molecule has 0 spiro atoms. The first-order chi connectivity index (χ1) is 11.7. The van der Waals surface area contributed by atoms with Gasteiger partial charge in [0.15, 0.2) is 0 Å². The third kappa shape index (κ3) is 4.62. The quantitative estimate of drug-likeness (QED) is 0.256. The van der Waals surface area contributed by atoms with E-state index >= 15 is 0 Å². The van der Waals surface area contributed by atoms with Crippen molar-refractivity contribution < 1.29 is 14.3 Å². The molecule has 0 saturated carbocycles. The van der Waals surface area contributed by atoms with Gasteiger partial charge in [-0.05, 0) is 36.2 Å². The highest BCUT2D eigenvalue weighted by Gasteiger charge is 2.09. The van der Waals surface area contributed by atoms with Crippen LogP contribution in [-0.2, 0) is 16.1 Å². The van der Waals surface area contributed by atoms with Crippen molar-refractivity contribution in [1.29, 1.82) is 0 Å². The Bertz CT molecular complexity index is 773. The van der Waals surface area contributed by atoms with E-state index in [-0.39, 0.29) is 12.3 Å². The molecule has 0 aliphatic carbocycles. The van der Waals surface area contributed by atoms with E-state index in [0.29, 0.717) is 12.1 Å². The van der Waals surface area contributed by atoms with Gasteiger partial charge in [-0.2, -0.15) is 5.10 Å². The zero-order valence-corrected chi connectivity index (χ0v) is 13.4. The van der Waals surface area contributed by atoms with Gasteiger partial charge in [-0.15, -0.1) is 0 Å². The predicted octanol–water partition coefficient (Wildman–Crippen LogP) is 3.15. The average molecular weight is 327 g/mol. The van der Waals surface area contributed by atoms with Crippen LogP contribution in [0.3, 0.4) is 0 Å². The summed E-state index contributed by atoms with van der Waals surface area (Å²) in [5.41, 5.74) is 10.1. The molecule has 0 aliphatic heterocycles. The predicted molar refractivity (Wildman–Crippen MR) is 88.1 cm³/mol. The van der Waals surface area contributed by atoms with E-state index in [9.17, 15) is 4.79 Å². The maximum Gasteiger partial charge on any atom is 0.340 e. The summed E-state index contributed by atoms with van der Waals surface area (Å²) in [6, 6.07) is 7.64. The van der Waals surface area contributed by atoms with Crippen molar-refractivity contribution in [2.24, 2.45) is 5.11 Å². The molecule has 0 atom stereocenters. The SMILES string of the molecule is CCOC(=O)C(=Cc1cnn(Cc2ccc(OC)cc2)c1)N=[N+]=[N-]. The van der Waals surface area contributed by atoms with Crippen molar-refractivity contribution in [3.63, 3.8) is 0 Å². The summed E-state index contributed by atoms with van der Waals surface area (Å²) in [5, 5.41) is 7.59. The molecule has 1 aromatic carbocycles. The van der Waals surface area contributed by atoms with Crippen molar-refractivity contribution in [3.05, 3.63) is 63.9 Å². The standard InChI is InChI=1S/C16H17N5O3/c1-3-24-16(22)15(19-20-17)8-13-9-18-21(11-13)10-12-4-6-14(23-2)7-5-12/h4-9,11H,3,10H2,1-2H3. The van der Waals surface area contributed by atoms with Gasteiger partial charge in [0.05, 0.1) is 26.5 Å². The highest BCUT2D eigenvalue weighted by molar-refractivity contribution is 5.93. The Labute approximate surface area is 138 Å². The molecule has 124 valence electrons. The number of azide groups is 1. The first-order valence-electron chi connectivity index (χ1n) is 7.25. The third-order valence-electron chi connectivity index (χ3n) is 3.10. The zero-order valence-electron chi connectivity index (χ0n) is 13.4. The maximum absolute atomic E-state index is 11.7. The van der Waals surface area contributed by atoms with E-state index in [1.165, 1.54) is 6.08 Å². The van der Waals surface area contributed by atoms with Crippen LogP contribution in [0.2, 0.25) is 0 Å². The number of hydrogen-bond donors (Lipinski definition) is 0. The van der Waals surface area contributed by atoms with Crippen LogP contribution < -0.4 is 4.74 Å². The number of hydrogen-bond acceptors (Lipinski definition) is 5. The number of aromatic nitrogens is 2. The molecule has 2 rings (SSSR count). The summed E-state index contributed by atoms with van der Waals surface area (Å²) >= 11 is 0. The van der Waals surface area contributed by atoms with Crippen LogP contribution in [0.1, 0.15) is 18.1 Å². The van der Waals surface area contributed by atoms with Crippen molar-refractivity contribution in [2.75, 3.05) is 13.7 Å². The Kier molecular flexibility index (Phi) is 5.99. The van der Waals surface area contributed by atoms with Crippen molar-refractivity contribution in [2.45, 2.75) is 13.5 Å². The lowest BCUT2D eigenvalue weighted by molar-refractivity contribution is -0.138. The normalized spacial score (nSPS) is 10.8. The number of carbonyl (C=O) groups is 1. The second kappa shape index (κ2) is 8.40. The Balaban J connectivity index is 2.14. The highest BCUT2D eigenvalue weighted by Crippen LogP contribution is 2.14. The topological polar surface area (TPSA) is 102 Å². The number of rotatable bonds is 7. The molecule has 0 N–H and O–H groups in total. The Morgan fingerprint density at radius 2 is 2.17 bits per heavy atom. The largest absolute Gasteiger partial charge is 0.497 e. The van der Waals surface area contributed by atoms with E-state index in [2.05, 4.69) is 15.1 Å². The molecule has 0 bridgehead atoms. The minimum Gasteiger partial charge on any atom is -0.497 e. The van der Waals surface area contributed by atoms with Crippen LogP contribution in [-0.4, -0.2) is 29.5 Å². The molecule has 0 saturated heterocycles. The molecule has 8 heteroatoms. The number of ether oxygens (including phenoxy) is 2. The molecule has 8 nitrogen and oxygen atoms in total. The molecule has 0 unspecified atom stereocenters. The van der Waals surface area contributed by atoms with Crippen molar-refractivity contribution in [3.8, 4) is 5.75 Å². The van der Waals surface area contributed by atoms with Crippen LogP contribution in [0.5, 0.6) is 5.75 Å². The van der Waals surface area contributed by atoms with Gasteiger partial charge in [0.25, 0.3) is 0 Å². The number of nitrogens with zero attached hydrogens (tertiary/aromatic N) is 5. The molecule has 1 heterocycles. The Morgan fingerprint density at radius 1 is 1.42 bits per heavy atom. The van der Waals surface area contributed by atoms with E-state index < -0.39 is 5.97 Å². The highest BCUT2D eigenvalue weighted by atomic mass is 16.5. The molecule has 0 aliphatic rings. The molecule has 0 radical (unpaired) electrons. The van der Waals surface area contributed by atoms with Crippen LogP contribution >= 0.6 is 0 Å². The summed E-state index contributed by atoms with van der Waals surface area (Å²) in [4.78, 5) is 14.3. The molecule has 0 fully saturated rings. The Morgan fingerprint density at radius 3 is 2.79 bits per heavy atom. The minimum atomic E-state index is -0.668. The molecular formula is C16H17N5O3. The maximum atomic E-state index is 11.7. The molecule has 24 heavy (non-hydrogen) atoms. The van der Waals surface area contributed by atoms with E-state index in [0.717, 1.165) is 11.3 Å². The lowest BCUT2D eigenvalue weighted by atomic mass is 10.2. The number of esters is 1. The molecule has 1 aromatic heterocycles. The molecular weight excluding hydrogens is 310 g/mol. The van der Waals surface area contributed by atoms with Gasteiger partial charge in [-0.3, -0.25) is 4.68 Å². The van der Waals surface area contributed by atoms with Crippen molar-refractivity contribution in [1.82, 2.24) is 9.78 Å². The Hall–Kier alpha value is -3.25. The number of benzene rings is 1. The summed E-state index contributed by atoms with van der Waals surface area (Å²) in [6.07, 6.45) is 4.77. The van der Waals surface area contributed by atoms with Gasteiger partial charge < -0.3 is 9.47 Å². The minimum absolute atomic E-state index is 0.108. The van der Waals surface area contributed by atoms with Crippen LogP contribution in [0, 0.1) is 0 Å². The van der Waals surface area contributed by atoms with Crippen molar-refractivity contribution >= 4 is 12.0 Å². The number of carbonyl (C=O) groups excluding carboxylic acids is 1. The third-order valence-corrected chi connectivity index (χ3v) is 3.10. The van der Waals surface area contributed by atoms with Gasteiger partial charge in [-0.25, -0.2) is 4.79 Å². The average Bonchev–Trinajstić information content (AvgIpc) is 3.02. The van der Waals surface area contributed by atoms with Gasteiger partial charge in [0, 0.05) is 16.7 Å². The van der Waals surface area contributed by atoms with Crippen LogP contribution in [0.25, 0.3) is 16.5 Å². The summed E-state index contributed by atoms with van der Waals surface area (Å²) in [7, 11) is 1.62. The lowest BCUT2D eigenvalue weighted by Crippen LogP contribution is -2.05. The van der Waals surface area contributed by atoms with Crippen LogP contribution in [0.15, 0.2) is 47.5 Å². The van der Waals surface area contributed by atoms with E-state index in [1.807, 2.05) is 24.3 Å². The second-order valence-corrected chi connectivity index (χ2v) is 4.76. The van der Waals surface area contributed by atoms with E-state index in [1.54, 1.807) is 31.1 Å². The van der Waals surface area contributed by atoms with Crippen LogP contribution in [0.4, 0.5) is 0 Å². The van der Waals surface area contributed by atoms with Gasteiger partial charge in [0.1, 0.15) is 11.4 Å². The van der Waals surface area contributed by atoms with Gasteiger partial charge >= 0.3 is 5.97 Å². The monoisotopic (exact) mass is 327 g/mol. The fourth-order valence-corrected chi connectivity index (χ4v) is 2.00. The molecule has 2 aromatic rings. The fraction of sp³-hybridized carbons (Fsp3) is 0.250. The smallest absolute Gasteiger partial charge is 0.340 e. The molecule has 0 amide bonds. The first kappa shape index (κ1) is 17.1. The first-order valence-corrected chi connectivity index (χ1v) is 7.25. The fourth-order valence-electron chi connectivity index (χ4n) is 2.00. The lowest BCUT2D eigenvalue weighted by Gasteiger charge is -2.03. The second-order valence-electron chi connectivity index (χ2n) is 4.76. The number of methoxy groups -OCH3 is 1. The zero-order chi connectivity index (χ0) is 17.4. The van der Waals surface area contributed by atoms with Gasteiger partial charge in [0.2, 0.25) is 0 Å². The summed E-state index contributed by atoms with van der Waals surface area (Å²) in [6.45, 7) is 2.44. The summed E-state index contributed by atoms with van der Waals surface area (Å²) < 4.78 is 11.7. The summed E-state index contributed by atoms with van der Waals surface area (Å²) in [5.74, 6) is 0.120. The van der Waals surface area contributed by atoms with E-state index in [4.69, 9.17) is 15.0 Å². The van der Waals surface area contributed by atoms with Gasteiger partial charge in [-0.1, -0.05) is 17.2 Å².